The van der Waals surface area contributed by atoms with E-state index in [-0.39, 0.29) is 6.61 Å². The zero-order chi connectivity index (χ0) is 22.8. The summed E-state index contributed by atoms with van der Waals surface area (Å²) in [6, 6.07) is 9.72. The number of rotatable bonds is 7. The van der Waals surface area contributed by atoms with Crippen LogP contribution in [0.15, 0.2) is 28.8 Å². The van der Waals surface area contributed by atoms with Crippen molar-refractivity contribution in [3.05, 3.63) is 47.0 Å². The molecule has 0 amide bonds. The van der Waals surface area contributed by atoms with E-state index in [0.717, 1.165) is 37.4 Å². The van der Waals surface area contributed by atoms with Crippen LogP contribution in [0.1, 0.15) is 29.1 Å². The molecule has 0 saturated carbocycles. The van der Waals surface area contributed by atoms with Crippen molar-refractivity contribution >= 4 is 5.65 Å². The minimum atomic E-state index is 0.237. The van der Waals surface area contributed by atoms with Crippen molar-refractivity contribution in [1.29, 1.82) is 5.26 Å². The second kappa shape index (κ2) is 8.84. The third kappa shape index (κ3) is 4.20. The Bertz CT molecular complexity index is 1340. The van der Waals surface area contributed by atoms with Crippen molar-refractivity contribution in [3.8, 4) is 29.2 Å². The van der Waals surface area contributed by atoms with E-state index in [1.807, 2.05) is 6.07 Å². The van der Waals surface area contributed by atoms with Gasteiger partial charge < -0.3 is 14.0 Å². The van der Waals surface area contributed by atoms with Gasteiger partial charge in [0.25, 0.3) is 5.88 Å². The van der Waals surface area contributed by atoms with Gasteiger partial charge in [0.05, 0.1) is 18.9 Å². The number of hydrogen-bond acceptors (Lipinski definition) is 10. The topological polar surface area (TPSA) is 127 Å². The van der Waals surface area contributed by atoms with Gasteiger partial charge in [0.15, 0.2) is 17.1 Å². The van der Waals surface area contributed by atoms with Gasteiger partial charge >= 0.3 is 0 Å². The molecule has 0 N–H and O–H groups in total. The molecule has 0 spiro atoms. The number of aryl methyl sites for hydroxylation is 1. The lowest BCUT2D eigenvalue weighted by atomic mass is 10.0. The van der Waals surface area contributed by atoms with Crippen molar-refractivity contribution in [2.75, 3.05) is 20.2 Å². The predicted molar refractivity (Wildman–Crippen MR) is 115 cm³/mol. The molecule has 33 heavy (non-hydrogen) atoms. The highest BCUT2D eigenvalue weighted by Gasteiger charge is 2.19. The smallest absolute Gasteiger partial charge is 0.275 e. The van der Waals surface area contributed by atoms with E-state index in [1.54, 1.807) is 30.7 Å². The molecule has 1 aliphatic rings. The fraction of sp³-hybridized carbons (Fsp3) is 0.364. The van der Waals surface area contributed by atoms with Gasteiger partial charge in [-0.1, -0.05) is 11.2 Å². The number of nitriles is 1. The first kappa shape index (κ1) is 20.8. The lowest BCUT2D eigenvalue weighted by Gasteiger charge is -2.27. The molecule has 1 aliphatic heterocycles. The largest absolute Gasteiger partial charge is 0.491 e. The molecule has 5 rings (SSSR count). The molecule has 0 aromatic carbocycles. The van der Waals surface area contributed by atoms with E-state index in [9.17, 15) is 0 Å². The highest BCUT2D eigenvalue weighted by Crippen LogP contribution is 2.28. The highest BCUT2D eigenvalue weighted by atomic mass is 16.5. The van der Waals surface area contributed by atoms with Crippen molar-refractivity contribution in [2.24, 2.45) is 0 Å². The average Bonchev–Trinajstić information content (AvgIpc) is 3.45. The maximum atomic E-state index is 8.81. The summed E-state index contributed by atoms with van der Waals surface area (Å²) < 4.78 is 18.1. The summed E-state index contributed by atoms with van der Waals surface area (Å²) in [5.41, 5.74) is 4.10. The van der Waals surface area contributed by atoms with E-state index in [2.05, 4.69) is 37.5 Å². The van der Waals surface area contributed by atoms with Gasteiger partial charge in [-0.05, 0) is 18.6 Å². The second-order valence-electron chi connectivity index (χ2n) is 7.77. The SMILES string of the molecule is COc1cc2nnc(-c3cc(C)on3)n2nc1OCc1ccc2c(n1)CCN(CCC#N)C2. The summed E-state index contributed by atoms with van der Waals surface area (Å²) >= 11 is 0. The van der Waals surface area contributed by atoms with Crippen LogP contribution in [0.4, 0.5) is 0 Å². The van der Waals surface area contributed by atoms with Crippen molar-refractivity contribution in [1.82, 2.24) is 34.9 Å². The van der Waals surface area contributed by atoms with Gasteiger partial charge in [-0.2, -0.15) is 9.78 Å². The van der Waals surface area contributed by atoms with Crippen LogP contribution in [-0.2, 0) is 19.6 Å². The molecule has 4 aromatic heterocycles. The molecule has 0 saturated heterocycles. The summed E-state index contributed by atoms with van der Waals surface area (Å²) in [5, 5.41) is 25.7. The van der Waals surface area contributed by atoms with Crippen molar-refractivity contribution < 1.29 is 14.0 Å². The maximum absolute atomic E-state index is 8.81. The molecule has 0 unspecified atom stereocenters. The Kier molecular flexibility index (Phi) is 5.58. The van der Waals surface area contributed by atoms with Gasteiger partial charge in [0.2, 0.25) is 5.82 Å². The van der Waals surface area contributed by atoms with Gasteiger partial charge in [-0.25, -0.2) is 0 Å². The van der Waals surface area contributed by atoms with Crippen LogP contribution >= 0.6 is 0 Å². The van der Waals surface area contributed by atoms with E-state index >= 15 is 0 Å². The normalized spacial score (nSPS) is 13.6. The molecule has 11 nitrogen and oxygen atoms in total. The Labute approximate surface area is 189 Å². The third-order valence-corrected chi connectivity index (χ3v) is 5.49. The predicted octanol–water partition coefficient (Wildman–Crippen LogP) is 2.34. The fourth-order valence-corrected chi connectivity index (χ4v) is 3.82. The molecule has 0 radical (unpaired) electrons. The molecule has 0 aliphatic carbocycles. The average molecular weight is 446 g/mol. The van der Waals surface area contributed by atoms with Crippen LogP contribution in [-0.4, -0.2) is 55.1 Å². The Morgan fingerprint density at radius 1 is 1.24 bits per heavy atom. The summed E-state index contributed by atoms with van der Waals surface area (Å²) in [6.45, 7) is 4.54. The first-order chi connectivity index (χ1) is 16.1. The molecule has 0 bridgehead atoms. The van der Waals surface area contributed by atoms with Crippen LogP contribution in [0, 0.1) is 18.3 Å². The first-order valence-corrected chi connectivity index (χ1v) is 10.6. The minimum absolute atomic E-state index is 0.237. The van der Waals surface area contributed by atoms with Gasteiger partial charge in [-0.15, -0.1) is 15.3 Å². The van der Waals surface area contributed by atoms with Crippen LogP contribution in [0.2, 0.25) is 0 Å². The van der Waals surface area contributed by atoms with E-state index in [1.165, 1.54) is 5.56 Å². The van der Waals surface area contributed by atoms with Crippen LogP contribution in [0.5, 0.6) is 11.6 Å². The van der Waals surface area contributed by atoms with Gasteiger partial charge in [0.1, 0.15) is 12.4 Å². The molecule has 4 aromatic rings. The summed E-state index contributed by atoms with van der Waals surface area (Å²) in [4.78, 5) is 7.06. The molecular weight excluding hydrogens is 424 g/mol. The molecule has 11 heteroatoms. The van der Waals surface area contributed by atoms with E-state index in [0.29, 0.717) is 41.0 Å². The van der Waals surface area contributed by atoms with Crippen LogP contribution in [0.3, 0.4) is 0 Å². The third-order valence-electron chi connectivity index (χ3n) is 5.49. The summed E-state index contributed by atoms with van der Waals surface area (Å²) in [7, 11) is 1.55. The molecule has 0 fully saturated rings. The number of ether oxygens (including phenoxy) is 2. The molecule has 168 valence electrons. The molecular formula is C22H22N8O3. The number of hydrogen-bond donors (Lipinski definition) is 0. The summed E-state index contributed by atoms with van der Waals surface area (Å²) in [6.07, 6.45) is 1.39. The molecule has 0 atom stereocenters. The first-order valence-electron chi connectivity index (χ1n) is 10.6. The van der Waals surface area contributed by atoms with E-state index < -0.39 is 0 Å². The second-order valence-corrected chi connectivity index (χ2v) is 7.77. The number of nitrogens with zero attached hydrogens (tertiary/aromatic N) is 8. The zero-order valence-electron chi connectivity index (χ0n) is 18.4. The Morgan fingerprint density at radius 3 is 2.94 bits per heavy atom. The summed E-state index contributed by atoms with van der Waals surface area (Å²) in [5.74, 6) is 1.86. The zero-order valence-corrected chi connectivity index (χ0v) is 18.4. The maximum Gasteiger partial charge on any atom is 0.275 e. The van der Waals surface area contributed by atoms with Crippen molar-refractivity contribution in [2.45, 2.75) is 32.9 Å². The minimum Gasteiger partial charge on any atom is -0.491 e. The lowest BCUT2D eigenvalue weighted by Crippen LogP contribution is -2.32. The monoisotopic (exact) mass is 446 g/mol. The van der Waals surface area contributed by atoms with E-state index in [4.69, 9.17) is 24.2 Å². The standard InChI is InChI=1S/C22H22N8O3/c1-14-10-18(28-33-14)21-26-25-20-11-19(31-2)22(27-30(20)21)32-13-16-5-4-15-12-29(8-3-7-23)9-6-17(15)24-16/h4-5,10-11H,3,6,8-9,12-13H2,1-2H3. The number of aromatic nitrogens is 6. The Hall–Kier alpha value is -4.04. The van der Waals surface area contributed by atoms with Crippen LogP contribution in [0.25, 0.3) is 17.2 Å². The number of pyridine rings is 1. The highest BCUT2D eigenvalue weighted by molar-refractivity contribution is 5.56. The Balaban J connectivity index is 1.36. The molecule has 5 heterocycles. The Morgan fingerprint density at radius 2 is 2.15 bits per heavy atom. The number of fused-ring (bicyclic) bond motifs is 2. The lowest BCUT2D eigenvalue weighted by molar-refractivity contribution is 0.252. The number of methoxy groups -OCH3 is 1. The van der Waals surface area contributed by atoms with Gasteiger partial charge in [-0.3, -0.25) is 9.88 Å². The van der Waals surface area contributed by atoms with Crippen molar-refractivity contribution in [3.63, 3.8) is 0 Å². The quantitative estimate of drug-likeness (QED) is 0.417. The van der Waals surface area contributed by atoms with Crippen LogP contribution < -0.4 is 9.47 Å². The van der Waals surface area contributed by atoms with Gasteiger partial charge in [0, 0.05) is 50.3 Å². The fourth-order valence-electron chi connectivity index (χ4n) is 3.82.